The highest BCUT2D eigenvalue weighted by molar-refractivity contribution is 8.33. The highest BCUT2D eigenvalue weighted by Gasteiger charge is 2.45. The van der Waals surface area contributed by atoms with Gasteiger partial charge in [-0.3, -0.25) is 0 Å². The zero-order valence-electron chi connectivity index (χ0n) is 46.3. The van der Waals surface area contributed by atoms with Crippen molar-refractivity contribution in [3.05, 3.63) is 224 Å². The van der Waals surface area contributed by atoms with E-state index in [2.05, 4.69) is 263 Å². The largest absolute Gasteiger partial charge is 0.309 e. The van der Waals surface area contributed by atoms with Crippen LogP contribution in [0.2, 0.25) is 0 Å². The minimum atomic E-state index is -1.43. The Labute approximate surface area is 447 Å². The number of aryl methyl sites for hydroxylation is 8. The lowest BCUT2D eigenvalue weighted by Gasteiger charge is -2.32. The quantitative estimate of drug-likeness (QED) is 0.164. The highest BCUT2D eigenvalue weighted by atomic mass is 32.3. The summed E-state index contributed by atoms with van der Waals surface area (Å²) in [5.41, 5.74) is 31.0. The van der Waals surface area contributed by atoms with Crippen molar-refractivity contribution in [1.82, 2.24) is 0 Å². The van der Waals surface area contributed by atoms with E-state index in [-0.39, 0.29) is 10.8 Å². The molecule has 0 unspecified atom stereocenters. The first-order chi connectivity index (χ1) is 35.7. The van der Waals surface area contributed by atoms with Crippen molar-refractivity contribution in [2.24, 2.45) is 0 Å². The van der Waals surface area contributed by atoms with E-state index < -0.39 is 10.0 Å². The standard InChI is InChI=1S/C72H68N2S/c1-41-23-27-61(45(5)31-41)73(62-28-24-42(2)32-46(62)6)65-39-59-69(51-21-17-15-19-49(51)65)55-37-67-53(35-57(55)71(59,9)10)54-36-58-56(38-68(54)75(67,13)14)70-52-22-18-16-20-50(52)66(40-60(70)72(58,11)12)74(63-29-25-43(3)33-47(63)7)64-30-26-44(4)34-48(64)8/h15-40H,1-14H3. The fourth-order valence-electron chi connectivity index (χ4n) is 13.9. The molecule has 0 N–H and O–H groups in total. The first-order valence-electron chi connectivity index (χ1n) is 26.9. The van der Waals surface area contributed by atoms with E-state index in [9.17, 15) is 0 Å². The van der Waals surface area contributed by atoms with E-state index in [1.54, 1.807) is 0 Å². The minimum absolute atomic E-state index is 0.254. The maximum Gasteiger partial charge on any atom is 0.0543 e. The maximum absolute atomic E-state index is 2.65. The normalized spacial score (nSPS) is 15.3. The fraction of sp³-hybridized carbons (Fsp3) is 0.222. The average Bonchev–Trinajstić information content (AvgIpc) is 3.99. The molecule has 3 heteroatoms. The summed E-state index contributed by atoms with van der Waals surface area (Å²) in [5.74, 6) is 0. The van der Waals surface area contributed by atoms with Crippen LogP contribution in [0.3, 0.4) is 0 Å². The van der Waals surface area contributed by atoms with Crippen molar-refractivity contribution < 1.29 is 0 Å². The molecule has 0 spiro atoms. The molecule has 0 saturated heterocycles. The van der Waals surface area contributed by atoms with Crippen LogP contribution in [0.15, 0.2) is 168 Å². The first kappa shape index (κ1) is 47.4. The van der Waals surface area contributed by atoms with Gasteiger partial charge in [0.25, 0.3) is 0 Å². The van der Waals surface area contributed by atoms with Crippen LogP contribution in [0.25, 0.3) is 54.9 Å². The van der Waals surface area contributed by atoms with Crippen molar-refractivity contribution >= 4 is 65.7 Å². The predicted octanol–water partition coefficient (Wildman–Crippen LogP) is 20.5. The third-order valence-corrected chi connectivity index (χ3v) is 20.6. The van der Waals surface area contributed by atoms with Gasteiger partial charge in [-0.05, 0) is 217 Å². The highest BCUT2D eigenvalue weighted by Crippen LogP contribution is 2.71. The van der Waals surface area contributed by atoms with Gasteiger partial charge < -0.3 is 9.80 Å². The second-order valence-electron chi connectivity index (χ2n) is 23.9. The molecule has 13 rings (SSSR count). The third-order valence-electron chi connectivity index (χ3n) is 17.8. The molecule has 1 heterocycles. The number of rotatable bonds is 6. The SMILES string of the molecule is Cc1ccc(N(c2ccc(C)cc2C)c2cc3c(c4ccccc24)-c2cc4c(cc2C3(C)C)-c2cc3c(cc2S4(C)C)-c2c(cc(N(c4ccc(C)cc4C)c4ccc(C)cc4C)c4ccccc24)C3(C)C)c(C)c1. The maximum atomic E-state index is 2.65. The van der Waals surface area contributed by atoms with Gasteiger partial charge in [0.05, 0.1) is 11.4 Å². The molecule has 0 fully saturated rings. The molecule has 10 aromatic rings. The first-order valence-corrected chi connectivity index (χ1v) is 29.3. The van der Waals surface area contributed by atoms with Crippen molar-refractivity contribution in [3.63, 3.8) is 0 Å². The molecule has 1 aliphatic heterocycles. The zero-order valence-corrected chi connectivity index (χ0v) is 47.1. The molecule has 75 heavy (non-hydrogen) atoms. The second kappa shape index (κ2) is 16.3. The summed E-state index contributed by atoms with van der Waals surface area (Å²) in [5, 5.41) is 5.18. The molecular weight excluding hydrogens is 925 g/mol. The molecule has 0 radical (unpaired) electrons. The number of benzene rings is 10. The van der Waals surface area contributed by atoms with Crippen LogP contribution in [0.1, 0.15) is 94.5 Å². The van der Waals surface area contributed by atoms with Crippen LogP contribution in [-0.2, 0) is 10.8 Å². The molecule has 0 amide bonds. The summed E-state index contributed by atoms with van der Waals surface area (Å²) in [6, 6.07) is 61.7. The summed E-state index contributed by atoms with van der Waals surface area (Å²) in [6.07, 6.45) is 5.11. The molecule has 3 aliphatic rings. The summed E-state index contributed by atoms with van der Waals surface area (Å²) in [4.78, 5) is 8.09. The topological polar surface area (TPSA) is 6.48 Å². The third kappa shape index (κ3) is 6.79. The van der Waals surface area contributed by atoms with E-state index in [4.69, 9.17) is 0 Å². The van der Waals surface area contributed by atoms with Gasteiger partial charge >= 0.3 is 0 Å². The molecule has 0 aromatic heterocycles. The number of hydrogen-bond donors (Lipinski definition) is 0. The lowest BCUT2D eigenvalue weighted by atomic mass is 9.79. The fourth-order valence-corrected chi connectivity index (χ4v) is 16.4. The molecule has 372 valence electrons. The Hall–Kier alpha value is -7.33. The Morgan fingerprint density at radius 1 is 0.307 bits per heavy atom. The van der Waals surface area contributed by atoms with Gasteiger partial charge in [-0.15, -0.1) is 0 Å². The molecule has 0 atom stereocenters. The Balaban J connectivity index is 0.991. The number of nitrogens with zero attached hydrogens (tertiary/aromatic N) is 2. The van der Waals surface area contributed by atoms with Crippen LogP contribution in [0.4, 0.5) is 34.1 Å². The van der Waals surface area contributed by atoms with Crippen molar-refractivity contribution in [3.8, 4) is 33.4 Å². The molecular formula is C72H68N2S. The molecule has 0 bridgehead atoms. The summed E-state index contributed by atoms with van der Waals surface area (Å²) < 4.78 is 0. The predicted molar refractivity (Wildman–Crippen MR) is 325 cm³/mol. The smallest absolute Gasteiger partial charge is 0.0543 e. The van der Waals surface area contributed by atoms with Crippen LogP contribution in [0.5, 0.6) is 0 Å². The molecule has 2 aliphatic carbocycles. The van der Waals surface area contributed by atoms with E-state index in [0.29, 0.717) is 0 Å². The van der Waals surface area contributed by atoms with Gasteiger partial charge in [-0.1, -0.05) is 147 Å². The lowest BCUT2D eigenvalue weighted by molar-refractivity contribution is 0.659. The Morgan fingerprint density at radius 2 is 0.613 bits per heavy atom. The van der Waals surface area contributed by atoms with Gasteiger partial charge in [0.2, 0.25) is 0 Å². The second-order valence-corrected chi connectivity index (χ2v) is 27.5. The van der Waals surface area contributed by atoms with Gasteiger partial charge in [0.1, 0.15) is 0 Å². The van der Waals surface area contributed by atoms with Crippen LogP contribution >= 0.6 is 10.0 Å². The summed E-state index contributed by atoms with van der Waals surface area (Å²) in [6.45, 7) is 27.7. The van der Waals surface area contributed by atoms with Crippen molar-refractivity contribution in [1.29, 1.82) is 0 Å². The monoisotopic (exact) mass is 993 g/mol. The van der Waals surface area contributed by atoms with Crippen molar-refractivity contribution in [2.45, 2.75) is 104 Å². The van der Waals surface area contributed by atoms with Crippen LogP contribution in [-0.4, -0.2) is 12.5 Å². The number of fused-ring (bicyclic) bond motifs is 13. The Morgan fingerprint density at radius 3 is 0.920 bits per heavy atom. The van der Waals surface area contributed by atoms with Gasteiger partial charge in [0, 0.05) is 54.1 Å². The summed E-state index contributed by atoms with van der Waals surface area (Å²) >= 11 is 0. The number of hydrogen-bond acceptors (Lipinski definition) is 2. The molecule has 10 aromatic carbocycles. The molecule has 0 saturated carbocycles. The van der Waals surface area contributed by atoms with Crippen LogP contribution < -0.4 is 9.80 Å². The van der Waals surface area contributed by atoms with Gasteiger partial charge in [-0.25, -0.2) is 0 Å². The summed E-state index contributed by atoms with van der Waals surface area (Å²) in [7, 11) is -1.43. The van der Waals surface area contributed by atoms with Crippen molar-refractivity contribution in [2.75, 3.05) is 22.3 Å². The van der Waals surface area contributed by atoms with Crippen LogP contribution in [0, 0.1) is 55.4 Å². The average molecular weight is 993 g/mol. The van der Waals surface area contributed by atoms with E-state index in [0.717, 1.165) is 0 Å². The lowest BCUT2D eigenvalue weighted by Crippen LogP contribution is -2.18. The van der Waals surface area contributed by atoms with Gasteiger partial charge in [0.15, 0.2) is 0 Å². The van der Waals surface area contributed by atoms with E-state index >= 15 is 0 Å². The number of anilines is 6. The molecule has 2 nitrogen and oxygen atoms in total. The Bertz CT molecular complexity index is 3780. The van der Waals surface area contributed by atoms with E-state index in [1.165, 1.54) is 166 Å². The minimum Gasteiger partial charge on any atom is -0.309 e. The van der Waals surface area contributed by atoms with E-state index in [1.807, 2.05) is 0 Å². The van der Waals surface area contributed by atoms with Gasteiger partial charge in [-0.2, -0.15) is 10.0 Å². The zero-order chi connectivity index (χ0) is 52.4. The Kier molecular flexibility index (Phi) is 10.3.